The molecule has 0 spiro atoms. The molecule has 0 aliphatic rings. The maximum Gasteiger partial charge on any atom is 0.261 e. The number of hydrogen-bond acceptors (Lipinski definition) is 3. The summed E-state index contributed by atoms with van der Waals surface area (Å²) < 4.78 is 2.52. The second-order valence-corrected chi connectivity index (χ2v) is 4.94. The Morgan fingerprint density at radius 2 is 2.22 bits per heavy atom. The van der Waals surface area contributed by atoms with Gasteiger partial charge in [0.2, 0.25) is 0 Å². The van der Waals surface area contributed by atoms with Gasteiger partial charge in [-0.2, -0.15) is 5.26 Å². The Labute approximate surface area is 113 Å². The molecule has 0 aliphatic carbocycles. The summed E-state index contributed by atoms with van der Waals surface area (Å²) in [5.74, 6) is 0. The first-order chi connectivity index (χ1) is 8.72. The highest BCUT2D eigenvalue weighted by Crippen LogP contribution is 2.14. The second kappa shape index (κ2) is 5.78. The molecule has 2 aromatic rings. The van der Waals surface area contributed by atoms with Crippen LogP contribution in [0.5, 0.6) is 0 Å². The van der Waals surface area contributed by atoms with Crippen LogP contribution in [0, 0.1) is 11.3 Å². The maximum absolute atomic E-state index is 12.1. The van der Waals surface area contributed by atoms with Gasteiger partial charge >= 0.3 is 0 Å². The van der Waals surface area contributed by atoms with Crippen LogP contribution in [-0.2, 0) is 6.54 Å². The molecule has 1 aromatic carbocycles. The van der Waals surface area contributed by atoms with Crippen molar-refractivity contribution in [2.45, 2.75) is 25.8 Å². The van der Waals surface area contributed by atoms with Gasteiger partial charge in [0.15, 0.2) is 0 Å². The molecule has 4 nitrogen and oxygen atoms in total. The Morgan fingerprint density at radius 3 is 3.00 bits per heavy atom. The van der Waals surface area contributed by atoms with Crippen LogP contribution in [-0.4, -0.2) is 9.55 Å². The summed E-state index contributed by atoms with van der Waals surface area (Å²) in [6, 6.07) is 7.54. The number of aromatic nitrogens is 2. The number of nitrogens with zero attached hydrogens (tertiary/aromatic N) is 3. The molecule has 0 atom stereocenters. The topological polar surface area (TPSA) is 58.7 Å². The molecule has 0 unspecified atom stereocenters. The van der Waals surface area contributed by atoms with E-state index in [4.69, 9.17) is 5.26 Å². The summed E-state index contributed by atoms with van der Waals surface area (Å²) >= 11 is 3.36. The standard InChI is InChI=1S/C13H12BrN3O/c14-10-4-5-11-12(8-10)16-9-17(13(11)18)7-3-1-2-6-15/h4-5,8-9H,1-3,7H2. The van der Waals surface area contributed by atoms with E-state index in [1.165, 1.54) is 0 Å². The monoisotopic (exact) mass is 305 g/mol. The zero-order chi connectivity index (χ0) is 13.0. The van der Waals surface area contributed by atoms with Gasteiger partial charge in [-0.05, 0) is 31.0 Å². The zero-order valence-electron chi connectivity index (χ0n) is 9.77. The molecule has 0 bridgehead atoms. The molecule has 18 heavy (non-hydrogen) atoms. The molecule has 2 rings (SSSR count). The number of unbranched alkanes of at least 4 members (excludes halogenated alkanes) is 2. The Kier molecular flexibility index (Phi) is 4.11. The summed E-state index contributed by atoms with van der Waals surface area (Å²) in [6.45, 7) is 0.611. The van der Waals surface area contributed by atoms with E-state index in [-0.39, 0.29) is 5.56 Å². The van der Waals surface area contributed by atoms with Gasteiger partial charge in [-0.25, -0.2) is 4.98 Å². The molecule has 1 aromatic heterocycles. The van der Waals surface area contributed by atoms with Crippen molar-refractivity contribution in [3.05, 3.63) is 39.4 Å². The van der Waals surface area contributed by atoms with Gasteiger partial charge in [-0.15, -0.1) is 0 Å². The highest BCUT2D eigenvalue weighted by molar-refractivity contribution is 9.10. The van der Waals surface area contributed by atoms with E-state index in [1.807, 2.05) is 12.1 Å². The van der Waals surface area contributed by atoms with Crippen molar-refractivity contribution in [1.29, 1.82) is 5.26 Å². The molecule has 0 saturated heterocycles. The Bertz CT molecular complexity index is 657. The SMILES string of the molecule is N#CCCCCn1cnc2cc(Br)ccc2c1=O. The van der Waals surface area contributed by atoms with Gasteiger partial charge < -0.3 is 0 Å². The third-order valence-electron chi connectivity index (χ3n) is 2.72. The lowest BCUT2D eigenvalue weighted by atomic mass is 10.2. The number of nitriles is 1. The number of hydrogen-bond donors (Lipinski definition) is 0. The molecule has 1 heterocycles. The van der Waals surface area contributed by atoms with Gasteiger partial charge in [0, 0.05) is 17.4 Å². The average Bonchev–Trinajstić information content (AvgIpc) is 2.37. The Morgan fingerprint density at radius 1 is 1.39 bits per heavy atom. The van der Waals surface area contributed by atoms with Crippen molar-refractivity contribution in [2.75, 3.05) is 0 Å². The van der Waals surface area contributed by atoms with Gasteiger partial charge in [-0.3, -0.25) is 9.36 Å². The fourth-order valence-corrected chi connectivity index (χ4v) is 2.13. The fourth-order valence-electron chi connectivity index (χ4n) is 1.78. The van der Waals surface area contributed by atoms with Crippen molar-refractivity contribution < 1.29 is 0 Å². The molecular formula is C13H12BrN3O. The van der Waals surface area contributed by atoms with Gasteiger partial charge in [0.25, 0.3) is 5.56 Å². The van der Waals surface area contributed by atoms with Crippen molar-refractivity contribution >= 4 is 26.8 Å². The Balaban J connectivity index is 2.26. The Hall–Kier alpha value is -1.67. The van der Waals surface area contributed by atoms with Crippen LogP contribution in [0.25, 0.3) is 10.9 Å². The lowest BCUT2D eigenvalue weighted by Gasteiger charge is -2.05. The quantitative estimate of drug-likeness (QED) is 0.816. The molecule has 0 amide bonds. The van der Waals surface area contributed by atoms with Crippen molar-refractivity contribution in [3.63, 3.8) is 0 Å². The van der Waals surface area contributed by atoms with Crippen molar-refractivity contribution in [1.82, 2.24) is 9.55 Å². The lowest BCUT2D eigenvalue weighted by Crippen LogP contribution is -2.20. The largest absolute Gasteiger partial charge is 0.299 e. The molecule has 0 radical (unpaired) electrons. The second-order valence-electron chi connectivity index (χ2n) is 4.02. The highest BCUT2D eigenvalue weighted by atomic mass is 79.9. The number of fused-ring (bicyclic) bond motifs is 1. The van der Waals surface area contributed by atoms with Gasteiger partial charge in [0.1, 0.15) is 0 Å². The highest BCUT2D eigenvalue weighted by Gasteiger charge is 2.04. The van der Waals surface area contributed by atoms with Crippen molar-refractivity contribution in [3.8, 4) is 6.07 Å². The van der Waals surface area contributed by atoms with E-state index in [0.29, 0.717) is 23.9 Å². The summed E-state index contributed by atoms with van der Waals surface area (Å²) in [7, 11) is 0. The molecule has 0 saturated carbocycles. The number of benzene rings is 1. The number of aryl methyl sites for hydroxylation is 1. The van der Waals surface area contributed by atoms with Gasteiger partial charge in [0.05, 0.1) is 23.3 Å². The molecule has 0 aliphatic heterocycles. The molecule has 5 heteroatoms. The first kappa shape index (κ1) is 12.8. The summed E-state index contributed by atoms with van der Waals surface area (Å²) in [4.78, 5) is 16.4. The molecule has 0 N–H and O–H groups in total. The number of halogens is 1. The summed E-state index contributed by atoms with van der Waals surface area (Å²) in [5.41, 5.74) is 0.673. The summed E-state index contributed by atoms with van der Waals surface area (Å²) in [5, 5.41) is 9.08. The molecule has 0 fully saturated rings. The van der Waals surface area contributed by atoms with E-state index in [9.17, 15) is 4.79 Å². The van der Waals surface area contributed by atoms with Crippen molar-refractivity contribution in [2.24, 2.45) is 0 Å². The minimum atomic E-state index is -0.0237. The van der Waals surface area contributed by atoms with E-state index < -0.39 is 0 Å². The summed E-state index contributed by atoms with van der Waals surface area (Å²) in [6.07, 6.45) is 3.73. The first-order valence-corrected chi connectivity index (χ1v) is 6.53. The lowest BCUT2D eigenvalue weighted by molar-refractivity contribution is 0.595. The zero-order valence-corrected chi connectivity index (χ0v) is 11.4. The van der Waals surface area contributed by atoms with Crippen LogP contribution < -0.4 is 5.56 Å². The first-order valence-electron chi connectivity index (χ1n) is 5.74. The van der Waals surface area contributed by atoms with Crippen LogP contribution in [0.15, 0.2) is 33.8 Å². The molecule has 92 valence electrons. The van der Waals surface area contributed by atoms with Gasteiger partial charge in [-0.1, -0.05) is 15.9 Å². The maximum atomic E-state index is 12.1. The van der Waals surface area contributed by atoms with Crippen LogP contribution in [0.3, 0.4) is 0 Å². The molecular weight excluding hydrogens is 294 g/mol. The third kappa shape index (κ3) is 2.77. The minimum Gasteiger partial charge on any atom is -0.299 e. The van der Waals surface area contributed by atoms with E-state index in [1.54, 1.807) is 17.0 Å². The minimum absolute atomic E-state index is 0.0237. The van der Waals surface area contributed by atoms with Crippen LogP contribution in [0.1, 0.15) is 19.3 Å². The van der Waals surface area contributed by atoms with E-state index in [0.717, 1.165) is 17.3 Å². The van der Waals surface area contributed by atoms with Crippen LogP contribution in [0.4, 0.5) is 0 Å². The predicted octanol–water partition coefficient (Wildman–Crippen LogP) is 2.85. The average molecular weight is 306 g/mol. The predicted molar refractivity (Wildman–Crippen MR) is 73.2 cm³/mol. The normalized spacial score (nSPS) is 10.4. The van der Waals surface area contributed by atoms with Crippen LogP contribution >= 0.6 is 15.9 Å². The number of rotatable bonds is 4. The third-order valence-corrected chi connectivity index (χ3v) is 3.22. The smallest absolute Gasteiger partial charge is 0.261 e. The van der Waals surface area contributed by atoms with E-state index >= 15 is 0 Å². The van der Waals surface area contributed by atoms with Crippen LogP contribution in [0.2, 0.25) is 0 Å². The fraction of sp³-hybridized carbons (Fsp3) is 0.308. The van der Waals surface area contributed by atoms with E-state index in [2.05, 4.69) is 27.0 Å².